The average molecular weight is 340 g/mol. The van der Waals surface area contributed by atoms with Gasteiger partial charge in [0.25, 0.3) is 0 Å². The molecule has 0 aliphatic heterocycles. The summed E-state index contributed by atoms with van der Waals surface area (Å²) in [7, 11) is -3.26. The number of hydrogen-bond acceptors (Lipinski definition) is 3. The molecule has 0 saturated heterocycles. The molecule has 84 valence electrons. The lowest BCUT2D eigenvalue weighted by Gasteiger charge is -2.08. The van der Waals surface area contributed by atoms with Gasteiger partial charge in [-0.2, -0.15) is 0 Å². The van der Waals surface area contributed by atoms with E-state index in [0.29, 0.717) is 5.82 Å². The molecule has 0 aromatic carbocycles. The van der Waals surface area contributed by atoms with Gasteiger partial charge in [0.1, 0.15) is 5.82 Å². The molecule has 1 aromatic rings. The van der Waals surface area contributed by atoms with E-state index in [4.69, 9.17) is 0 Å². The molecule has 0 amide bonds. The van der Waals surface area contributed by atoms with Gasteiger partial charge in [-0.05, 0) is 40.6 Å². The van der Waals surface area contributed by atoms with Crippen molar-refractivity contribution < 1.29 is 8.42 Å². The van der Waals surface area contributed by atoms with Gasteiger partial charge in [0.15, 0.2) is 0 Å². The Morgan fingerprint density at radius 2 is 2.13 bits per heavy atom. The molecule has 15 heavy (non-hydrogen) atoms. The zero-order valence-electron chi connectivity index (χ0n) is 8.57. The summed E-state index contributed by atoms with van der Waals surface area (Å²) < 4.78 is 26.5. The molecule has 0 unspecified atom stereocenters. The van der Waals surface area contributed by atoms with Gasteiger partial charge in [-0.1, -0.05) is 13.8 Å². The maximum absolute atomic E-state index is 11.5. The molecule has 1 aromatic heterocycles. The van der Waals surface area contributed by atoms with E-state index in [-0.39, 0.29) is 11.7 Å². The Morgan fingerprint density at radius 3 is 2.60 bits per heavy atom. The van der Waals surface area contributed by atoms with Crippen molar-refractivity contribution in [3.05, 3.63) is 21.9 Å². The lowest BCUT2D eigenvalue weighted by Crippen LogP contribution is -2.20. The van der Waals surface area contributed by atoms with Crippen LogP contribution in [0.4, 0.5) is 5.82 Å². The zero-order valence-corrected chi connectivity index (χ0v) is 11.5. The van der Waals surface area contributed by atoms with Gasteiger partial charge in [-0.25, -0.2) is 13.4 Å². The monoisotopic (exact) mass is 340 g/mol. The third-order valence-electron chi connectivity index (χ3n) is 1.54. The molecule has 1 N–H and O–H groups in total. The van der Waals surface area contributed by atoms with Gasteiger partial charge in [-0.3, -0.25) is 4.72 Å². The van der Waals surface area contributed by atoms with Crippen LogP contribution < -0.4 is 4.72 Å². The van der Waals surface area contributed by atoms with E-state index in [1.54, 1.807) is 18.3 Å². The number of pyridine rings is 1. The molecule has 6 heteroatoms. The van der Waals surface area contributed by atoms with Crippen LogP contribution in [0.15, 0.2) is 18.3 Å². The number of halogens is 1. The second kappa shape index (κ2) is 5.11. The summed E-state index contributed by atoms with van der Waals surface area (Å²) in [6.07, 6.45) is 1.62. The maximum atomic E-state index is 11.5. The van der Waals surface area contributed by atoms with Crippen molar-refractivity contribution >= 4 is 38.4 Å². The SMILES string of the molecule is CC(C)CS(=O)(=O)Nc1ccc(I)cn1. The number of anilines is 1. The molecule has 0 aliphatic carbocycles. The highest BCUT2D eigenvalue weighted by Crippen LogP contribution is 2.10. The molecular formula is C9H13IN2O2S. The highest BCUT2D eigenvalue weighted by molar-refractivity contribution is 14.1. The first-order valence-corrected chi connectivity index (χ1v) is 7.24. The average Bonchev–Trinajstić information content (AvgIpc) is 2.06. The molecule has 0 spiro atoms. The van der Waals surface area contributed by atoms with Crippen molar-refractivity contribution in [1.82, 2.24) is 4.98 Å². The van der Waals surface area contributed by atoms with Crippen LogP contribution in [0.3, 0.4) is 0 Å². The quantitative estimate of drug-likeness (QED) is 0.854. The fraction of sp³-hybridized carbons (Fsp3) is 0.444. The van der Waals surface area contributed by atoms with Gasteiger partial charge in [-0.15, -0.1) is 0 Å². The second-order valence-corrected chi connectivity index (χ2v) is 6.65. The Labute approximate surface area is 104 Å². The summed E-state index contributed by atoms with van der Waals surface area (Å²) in [6, 6.07) is 3.46. The number of sulfonamides is 1. The van der Waals surface area contributed by atoms with Crippen molar-refractivity contribution in [3.8, 4) is 0 Å². The standard InChI is InChI=1S/C9H13IN2O2S/c1-7(2)6-15(13,14)12-9-4-3-8(10)5-11-9/h3-5,7H,6H2,1-2H3,(H,11,12). The molecule has 0 aliphatic rings. The van der Waals surface area contributed by atoms with Gasteiger partial charge in [0, 0.05) is 9.77 Å². The molecule has 0 fully saturated rings. The minimum atomic E-state index is -3.26. The summed E-state index contributed by atoms with van der Waals surface area (Å²) in [5.41, 5.74) is 0. The first-order valence-electron chi connectivity index (χ1n) is 4.51. The largest absolute Gasteiger partial charge is 0.267 e. The van der Waals surface area contributed by atoms with Crippen LogP contribution in [0.5, 0.6) is 0 Å². The highest BCUT2D eigenvalue weighted by atomic mass is 127. The molecular weight excluding hydrogens is 327 g/mol. The van der Waals surface area contributed by atoms with E-state index < -0.39 is 10.0 Å². The number of nitrogens with zero attached hydrogens (tertiary/aromatic N) is 1. The molecule has 4 nitrogen and oxygen atoms in total. The van der Waals surface area contributed by atoms with Gasteiger partial charge in [0.05, 0.1) is 5.75 Å². The van der Waals surface area contributed by atoms with Crippen molar-refractivity contribution in [2.45, 2.75) is 13.8 Å². The molecule has 0 bridgehead atoms. The van der Waals surface area contributed by atoms with Crippen LogP contribution in [0.25, 0.3) is 0 Å². The van der Waals surface area contributed by atoms with E-state index in [9.17, 15) is 8.42 Å². The van der Waals surface area contributed by atoms with E-state index >= 15 is 0 Å². The van der Waals surface area contributed by atoms with Crippen LogP contribution in [0.1, 0.15) is 13.8 Å². The lowest BCUT2D eigenvalue weighted by atomic mass is 10.3. The maximum Gasteiger partial charge on any atom is 0.234 e. The first-order chi connectivity index (χ1) is 6.89. The van der Waals surface area contributed by atoms with Crippen LogP contribution >= 0.6 is 22.6 Å². The number of nitrogens with one attached hydrogen (secondary N) is 1. The van der Waals surface area contributed by atoms with Crippen molar-refractivity contribution in [3.63, 3.8) is 0 Å². The van der Waals surface area contributed by atoms with Gasteiger partial charge < -0.3 is 0 Å². The predicted octanol–water partition coefficient (Wildman–Crippen LogP) is 2.08. The van der Waals surface area contributed by atoms with Crippen LogP contribution in [0, 0.1) is 9.49 Å². The summed E-state index contributed by atoms with van der Waals surface area (Å²) in [6.45, 7) is 3.72. The van der Waals surface area contributed by atoms with Crippen molar-refractivity contribution in [1.29, 1.82) is 0 Å². The zero-order chi connectivity index (χ0) is 11.5. The van der Waals surface area contributed by atoms with Crippen LogP contribution in [0.2, 0.25) is 0 Å². The van der Waals surface area contributed by atoms with E-state index in [1.807, 2.05) is 13.8 Å². The van der Waals surface area contributed by atoms with Crippen molar-refractivity contribution in [2.24, 2.45) is 5.92 Å². The number of aromatic nitrogens is 1. The molecule has 1 heterocycles. The smallest absolute Gasteiger partial charge is 0.234 e. The fourth-order valence-corrected chi connectivity index (χ4v) is 2.80. The summed E-state index contributed by atoms with van der Waals surface area (Å²) in [5.74, 6) is 0.586. The summed E-state index contributed by atoms with van der Waals surface area (Å²) in [5, 5.41) is 0. The van der Waals surface area contributed by atoms with E-state index in [2.05, 4.69) is 32.3 Å². The Kier molecular flexibility index (Phi) is 4.32. The van der Waals surface area contributed by atoms with Gasteiger partial charge >= 0.3 is 0 Å². The number of hydrogen-bond donors (Lipinski definition) is 1. The van der Waals surface area contributed by atoms with E-state index in [0.717, 1.165) is 3.57 Å². The van der Waals surface area contributed by atoms with E-state index in [1.165, 1.54) is 0 Å². The molecule has 0 saturated carbocycles. The minimum absolute atomic E-state index is 0.103. The summed E-state index contributed by atoms with van der Waals surface area (Å²) >= 11 is 2.11. The predicted molar refractivity (Wildman–Crippen MR) is 69.2 cm³/mol. The third kappa shape index (κ3) is 4.78. The highest BCUT2D eigenvalue weighted by Gasteiger charge is 2.12. The van der Waals surface area contributed by atoms with Crippen LogP contribution in [-0.4, -0.2) is 19.2 Å². The summed E-state index contributed by atoms with van der Waals surface area (Å²) in [4.78, 5) is 3.97. The second-order valence-electron chi connectivity index (χ2n) is 3.64. The molecule has 0 atom stereocenters. The Balaban J connectivity index is 2.73. The number of rotatable bonds is 4. The lowest BCUT2D eigenvalue weighted by molar-refractivity contribution is 0.587. The normalized spacial score (nSPS) is 11.7. The van der Waals surface area contributed by atoms with Gasteiger partial charge in [0.2, 0.25) is 10.0 Å². The molecule has 0 radical (unpaired) electrons. The fourth-order valence-electron chi connectivity index (χ4n) is 1.08. The Hall–Kier alpha value is -0.370. The third-order valence-corrected chi connectivity index (χ3v) is 3.80. The molecule has 1 rings (SSSR count). The van der Waals surface area contributed by atoms with Crippen LogP contribution in [-0.2, 0) is 10.0 Å². The topological polar surface area (TPSA) is 59.1 Å². The van der Waals surface area contributed by atoms with Crippen molar-refractivity contribution in [2.75, 3.05) is 10.5 Å². The Bertz CT molecular complexity index is 414. The Morgan fingerprint density at radius 1 is 1.47 bits per heavy atom. The minimum Gasteiger partial charge on any atom is -0.267 e. The first kappa shape index (κ1) is 12.7.